The topological polar surface area (TPSA) is 47.9 Å². The summed E-state index contributed by atoms with van der Waals surface area (Å²) in [5.74, 6) is 0.100. The first kappa shape index (κ1) is 15.0. The zero-order valence-electron chi connectivity index (χ0n) is 12.0. The Bertz CT molecular complexity index is 314. The number of oxime groups is 1. The fraction of sp³-hybridized carbons (Fsp3) is 0.857. The van der Waals surface area contributed by atoms with Crippen LogP contribution < -0.4 is 0 Å². The molecule has 104 valence electrons. The van der Waals surface area contributed by atoms with E-state index in [0.717, 1.165) is 25.0 Å². The summed E-state index contributed by atoms with van der Waals surface area (Å²) in [7, 11) is 0. The number of unbranched alkanes of at least 4 members (excludes halogenated alkanes) is 1. The van der Waals surface area contributed by atoms with Gasteiger partial charge in [0, 0.05) is 12.8 Å². The summed E-state index contributed by atoms with van der Waals surface area (Å²) in [6, 6.07) is 0. The highest BCUT2D eigenvalue weighted by Crippen LogP contribution is 2.33. The minimum atomic E-state index is -0.856. The lowest BCUT2D eigenvalue weighted by Crippen LogP contribution is -2.41. The van der Waals surface area contributed by atoms with Gasteiger partial charge in [-0.1, -0.05) is 32.3 Å². The van der Waals surface area contributed by atoms with Crippen LogP contribution in [0.25, 0.3) is 0 Å². The van der Waals surface area contributed by atoms with Crippen molar-refractivity contribution in [3.63, 3.8) is 0 Å². The van der Waals surface area contributed by atoms with Crippen molar-refractivity contribution in [2.45, 2.75) is 65.4 Å². The van der Waals surface area contributed by atoms with Crippen LogP contribution in [0.5, 0.6) is 0 Å². The van der Waals surface area contributed by atoms with Crippen LogP contribution >= 0.6 is 0 Å². The first-order valence-electron chi connectivity index (χ1n) is 7.01. The summed E-state index contributed by atoms with van der Waals surface area (Å²) in [6.07, 6.45) is 4.26. The van der Waals surface area contributed by atoms with E-state index >= 15 is 0 Å². The molecule has 0 aromatic carbocycles. The molecule has 2 unspecified atom stereocenters. The minimum Gasteiger partial charge on any atom is -0.463 e. The van der Waals surface area contributed by atoms with Gasteiger partial charge in [0.15, 0.2) is 0 Å². The van der Waals surface area contributed by atoms with Crippen molar-refractivity contribution in [1.82, 2.24) is 0 Å². The number of rotatable bonds is 7. The predicted octanol–water partition coefficient (Wildman–Crippen LogP) is 3.30. The predicted molar refractivity (Wildman–Crippen MR) is 71.5 cm³/mol. The van der Waals surface area contributed by atoms with Gasteiger partial charge in [-0.05, 0) is 25.7 Å². The molecule has 1 aliphatic rings. The first-order chi connectivity index (χ1) is 8.59. The third-order valence-corrected chi connectivity index (χ3v) is 3.57. The molecule has 1 rings (SSSR count). The zero-order chi connectivity index (χ0) is 13.6. The van der Waals surface area contributed by atoms with Gasteiger partial charge < -0.3 is 9.57 Å². The first-order valence-corrected chi connectivity index (χ1v) is 7.01. The van der Waals surface area contributed by atoms with Gasteiger partial charge in [0.2, 0.25) is 5.60 Å². The molecule has 0 bridgehead atoms. The molecule has 0 saturated heterocycles. The summed E-state index contributed by atoms with van der Waals surface area (Å²) < 4.78 is 5.15. The second-order valence-electron chi connectivity index (χ2n) is 4.98. The monoisotopic (exact) mass is 255 g/mol. The molecule has 0 aliphatic carbocycles. The van der Waals surface area contributed by atoms with Crippen molar-refractivity contribution in [2.24, 2.45) is 11.1 Å². The Morgan fingerprint density at radius 1 is 1.50 bits per heavy atom. The molecular formula is C14H25NO3. The fourth-order valence-corrected chi connectivity index (χ4v) is 2.07. The van der Waals surface area contributed by atoms with Gasteiger partial charge in [-0.3, -0.25) is 0 Å². The van der Waals surface area contributed by atoms with Gasteiger partial charge >= 0.3 is 5.97 Å². The third-order valence-electron chi connectivity index (χ3n) is 3.57. The van der Waals surface area contributed by atoms with Gasteiger partial charge in [0.1, 0.15) is 0 Å². The lowest BCUT2D eigenvalue weighted by Gasteiger charge is -2.24. The summed E-state index contributed by atoms with van der Waals surface area (Å²) in [6.45, 7) is 8.53. The Kier molecular flexibility index (Phi) is 5.63. The van der Waals surface area contributed by atoms with Gasteiger partial charge in [0.05, 0.1) is 12.3 Å². The van der Waals surface area contributed by atoms with E-state index in [2.05, 4.69) is 25.9 Å². The van der Waals surface area contributed by atoms with E-state index in [1.807, 2.05) is 6.92 Å². The van der Waals surface area contributed by atoms with E-state index in [-0.39, 0.29) is 5.97 Å². The molecule has 0 N–H and O–H groups in total. The van der Waals surface area contributed by atoms with Crippen LogP contribution in [0, 0.1) is 5.92 Å². The van der Waals surface area contributed by atoms with Crippen molar-refractivity contribution in [2.75, 3.05) is 6.61 Å². The number of esters is 1. The maximum atomic E-state index is 12.1. The lowest BCUT2D eigenvalue weighted by molar-refractivity contribution is -0.170. The molecule has 4 heteroatoms. The zero-order valence-corrected chi connectivity index (χ0v) is 12.0. The van der Waals surface area contributed by atoms with Crippen LogP contribution in [0.4, 0.5) is 0 Å². The number of carbonyl (C=O) groups is 1. The van der Waals surface area contributed by atoms with Crippen LogP contribution in [0.1, 0.15) is 59.8 Å². The molecule has 1 heterocycles. The molecule has 0 spiro atoms. The number of nitrogens with zero attached hydrogens (tertiary/aromatic N) is 1. The molecule has 0 aromatic heterocycles. The average Bonchev–Trinajstić information content (AvgIpc) is 2.81. The van der Waals surface area contributed by atoms with E-state index in [4.69, 9.17) is 9.57 Å². The summed E-state index contributed by atoms with van der Waals surface area (Å²) in [5, 5.41) is 4.13. The molecule has 0 fully saturated rings. The van der Waals surface area contributed by atoms with Crippen LogP contribution in [0.3, 0.4) is 0 Å². The Balaban J connectivity index is 2.74. The Morgan fingerprint density at radius 3 is 2.78 bits per heavy atom. The number of hydrogen-bond acceptors (Lipinski definition) is 4. The summed E-state index contributed by atoms with van der Waals surface area (Å²) in [4.78, 5) is 17.6. The van der Waals surface area contributed by atoms with E-state index < -0.39 is 5.60 Å². The van der Waals surface area contributed by atoms with E-state index in [1.54, 1.807) is 0 Å². The summed E-state index contributed by atoms with van der Waals surface area (Å²) in [5.41, 5.74) is 0.131. The standard InChI is InChI=1S/C14H25NO3/c1-5-8-9-14(13(16)17-7-3)10-12(15-18-14)11(4)6-2/h11H,5-10H2,1-4H3. The van der Waals surface area contributed by atoms with Crippen molar-refractivity contribution < 1.29 is 14.4 Å². The fourth-order valence-electron chi connectivity index (χ4n) is 2.07. The van der Waals surface area contributed by atoms with Gasteiger partial charge in [0.25, 0.3) is 0 Å². The lowest BCUT2D eigenvalue weighted by atomic mass is 9.87. The second kappa shape index (κ2) is 6.76. The molecule has 2 atom stereocenters. The van der Waals surface area contributed by atoms with Gasteiger partial charge in [-0.25, -0.2) is 4.79 Å². The van der Waals surface area contributed by atoms with Crippen molar-refractivity contribution in [3.05, 3.63) is 0 Å². The number of ether oxygens (including phenoxy) is 1. The van der Waals surface area contributed by atoms with Crippen LogP contribution in [0.15, 0.2) is 5.16 Å². The van der Waals surface area contributed by atoms with E-state index in [9.17, 15) is 4.79 Å². The van der Waals surface area contributed by atoms with Crippen LogP contribution in [0.2, 0.25) is 0 Å². The molecule has 18 heavy (non-hydrogen) atoms. The highest BCUT2D eigenvalue weighted by atomic mass is 16.7. The van der Waals surface area contributed by atoms with Crippen LogP contribution in [-0.2, 0) is 14.4 Å². The highest BCUT2D eigenvalue weighted by molar-refractivity contribution is 5.94. The second-order valence-corrected chi connectivity index (χ2v) is 4.98. The van der Waals surface area contributed by atoms with Crippen molar-refractivity contribution in [3.8, 4) is 0 Å². The molecule has 0 aromatic rings. The average molecular weight is 255 g/mol. The highest BCUT2D eigenvalue weighted by Gasteiger charge is 2.47. The molecule has 0 saturated carbocycles. The normalized spacial score (nSPS) is 24.3. The molecule has 0 radical (unpaired) electrons. The van der Waals surface area contributed by atoms with Crippen molar-refractivity contribution in [1.29, 1.82) is 0 Å². The maximum absolute atomic E-state index is 12.1. The maximum Gasteiger partial charge on any atom is 0.353 e. The van der Waals surface area contributed by atoms with Gasteiger partial charge in [-0.15, -0.1) is 0 Å². The van der Waals surface area contributed by atoms with Crippen LogP contribution in [-0.4, -0.2) is 23.9 Å². The Hall–Kier alpha value is -1.06. The summed E-state index contributed by atoms with van der Waals surface area (Å²) >= 11 is 0. The molecule has 0 amide bonds. The smallest absolute Gasteiger partial charge is 0.353 e. The Morgan fingerprint density at radius 2 is 2.22 bits per heavy atom. The largest absolute Gasteiger partial charge is 0.463 e. The van der Waals surface area contributed by atoms with Gasteiger partial charge in [-0.2, -0.15) is 0 Å². The minimum absolute atomic E-state index is 0.263. The number of hydrogen-bond donors (Lipinski definition) is 0. The quantitative estimate of drug-likeness (QED) is 0.656. The molecule has 4 nitrogen and oxygen atoms in total. The Labute approximate surface area is 110 Å². The van der Waals surface area contributed by atoms with Crippen molar-refractivity contribution >= 4 is 11.7 Å². The van der Waals surface area contributed by atoms with E-state index in [0.29, 0.717) is 25.4 Å². The SMILES string of the molecule is CCCCC1(C(=O)OCC)CC(C(C)CC)=NO1. The van der Waals surface area contributed by atoms with E-state index in [1.165, 1.54) is 0 Å². The number of carbonyl (C=O) groups excluding carboxylic acids is 1. The molecule has 1 aliphatic heterocycles. The third kappa shape index (κ3) is 3.24. The molecular weight excluding hydrogens is 230 g/mol.